The van der Waals surface area contributed by atoms with E-state index in [1.54, 1.807) is 0 Å². The Morgan fingerprint density at radius 2 is 2.10 bits per heavy atom. The number of amides is 1. The summed E-state index contributed by atoms with van der Waals surface area (Å²) in [5, 5.41) is 13.8. The van der Waals surface area contributed by atoms with Crippen LogP contribution in [0.2, 0.25) is 0 Å². The van der Waals surface area contributed by atoms with E-state index in [1.807, 2.05) is 11.8 Å². The fraction of sp³-hybridized carbons (Fsp3) is 0.417. The van der Waals surface area contributed by atoms with E-state index in [9.17, 15) is 14.9 Å². The number of hydrogen-bond acceptors (Lipinski definition) is 6. The summed E-state index contributed by atoms with van der Waals surface area (Å²) in [5.41, 5.74) is 2.66. The Balaban J connectivity index is 2.20. The molecule has 1 aromatic carbocycles. The lowest BCUT2D eigenvalue weighted by Gasteiger charge is -2.22. The number of thioether (sulfide) groups is 1. The molecular formula is C12H16N4O3S. The molecule has 1 heterocycles. The van der Waals surface area contributed by atoms with Crippen LogP contribution >= 0.6 is 11.8 Å². The molecule has 108 valence electrons. The summed E-state index contributed by atoms with van der Waals surface area (Å²) in [6.45, 7) is 0. The minimum atomic E-state index is -0.564. The van der Waals surface area contributed by atoms with Crippen molar-refractivity contribution in [2.75, 3.05) is 16.9 Å². The number of rotatable bonds is 4. The number of nitro benzene ring substituents is 1. The van der Waals surface area contributed by atoms with E-state index in [1.165, 1.54) is 18.2 Å². The average molecular weight is 296 g/mol. The number of nitrogens with zero attached hydrogens (tertiary/aromatic N) is 1. The number of nitro groups is 1. The summed E-state index contributed by atoms with van der Waals surface area (Å²) in [4.78, 5) is 22.6. The lowest BCUT2D eigenvalue weighted by atomic mass is 10.1. The molecule has 8 heteroatoms. The van der Waals surface area contributed by atoms with Gasteiger partial charge in [0.1, 0.15) is 5.56 Å². The van der Waals surface area contributed by atoms with Crippen molar-refractivity contribution in [1.29, 1.82) is 0 Å². The average Bonchev–Trinajstić information content (AvgIpc) is 2.47. The minimum Gasteiger partial charge on any atom is -0.349 e. The summed E-state index contributed by atoms with van der Waals surface area (Å²) in [5.74, 6) is 6.84. The highest BCUT2D eigenvalue weighted by Crippen LogP contribution is 2.23. The van der Waals surface area contributed by atoms with Gasteiger partial charge in [-0.15, -0.1) is 0 Å². The van der Waals surface area contributed by atoms with Gasteiger partial charge in [-0.3, -0.25) is 20.8 Å². The number of nitrogens with two attached hydrogens (primary N) is 1. The molecule has 1 aliphatic heterocycles. The first kappa shape index (κ1) is 14.6. The Kier molecular flexibility index (Phi) is 4.80. The van der Waals surface area contributed by atoms with Gasteiger partial charge in [0.15, 0.2) is 0 Å². The summed E-state index contributed by atoms with van der Waals surface area (Å²) >= 11 is 1.85. The monoisotopic (exact) mass is 296 g/mol. The number of carbonyl (C=O) groups excluding carboxylic acids is 1. The molecule has 0 atom stereocenters. The molecule has 0 bridgehead atoms. The molecule has 0 spiro atoms. The van der Waals surface area contributed by atoms with Crippen LogP contribution in [0.25, 0.3) is 0 Å². The zero-order valence-corrected chi connectivity index (χ0v) is 11.6. The fourth-order valence-corrected chi connectivity index (χ4v) is 3.18. The number of carbonyl (C=O) groups is 1. The summed E-state index contributed by atoms with van der Waals surface area (Å²) in [6.07, 6.45) is 1.78. The van der Waals surface area contributed by atoms with Crippen LogP contribution in [-0.2, 0) is 0 Å². The molecular weight excluding hydrogens is 280 g/mol. The second-order valence-electron chi connectivity index (χ2n) is 4.49. The van der Waals surface area contributed by atoms with Crippen molar-refractivity contribution >= 4 is 29.0 Å². The normalized spacial score (nSPS) is 15.7. The second-order valence-corrected chi connectivity index (χ2v) is 5.72. The van der Waals surface area contributed by atoms with E-state index < -0.39 is 10.8 Å². The molecule has 0 saturated carbocycles. The van der Waals surface area contributed by atoms with Crippen LogP contribution in [0.1, 0.15) is 23.2 Å². The summed E-state index contributed by atoms with van der Waals surface area (Å²) in [7, 11) is 0. The van der Waals surface area contributed by atoms with Crippen LogP contribution in [-0.4, -0.2) is 28.4 Å². The standard InChI is InChI=1S/C12H16N4O3S/c13-15-9-1-2-11(16(18)19)10(7-9)12(17)14-8-3-5-20-6-4-8/h1-2,7-8,15H,3-6,13H2,(H,14,17). The quantitative estimate of drug-likeness (QED) is 0.441. The van der Waals surface area contributed by atoms with Gasteiger partial charge in [-0.05, 0) is 36.5 Å². The largest absolute Gasteiger partial charge is 0.349 e. The van der Waals surface area contributed by atoms with Crippen LogP contribution in [0.5, 0.6) is 0 Å². The van der Waals surface area contributed by atoms with Crippen LogP contribution in [0.3, 0.4) is 0 Å². The molecule has 2 rings (SSSR count). The van der Waals surface area contributed by atoms with Crippen LogP contribution in [0.15, 0.2) is 18.2 Å². The van der Waals surface area contributed by atoms with E-state index in [2.05, 4.69) is 10.7 Å². The molecule has 1 aromatic rings. The van der Waals surface area contributed by atoms with Gasteiger partial charge in [0.25, 0.3) is 11.6 Å². The first-order chi connectivity index (χ1) is 9.61. The molecule has 1 fully saturated rings. The molecule has 0 aliphatic carbocycles. The van der Waals surface area contributed by atoms with Crippen molar-refractivity contribution in [3.8, 4) is 0 Å². The highest BCUT2D eigenvalue weighted by molar-refractivity contribution is 7.99. The molecule has 0 unspecified atom stereocenters. The number of hydrazine groups is 1. The molecule has 1 aliphatic rings. The predicted molar refractivity (Wildman–Crippen MR) is 78.7 cm³/mol. The maximum Gasteiger partial charge on any atom is 0.282 e. The number of benzene rings is 1. The van der Waals surface area contributed by atoms with E-state index in [0.29, 0.717) is 5.69 Å². The van der Waals surface area contributed by atoms with E-state index in [0.717, 1.165) is 24.3 Å². The topological polar surface area (TPSA) is 110 Å². The maximum absolute atomic E-state index is 12.2. The molecule has 1 amide bonds. The molecule has 0 radical (unpaired) electrons. The Hall–Kier alpha value is -1.80. The third kappa shape index (κ3) is 3.40. The van der Waals surface area contributed by atoms with Gasteiger partial charge in [0, 0.05) is 17.8 Å². The Bertz CT molecular complexity index is 517. The third-order valence-electron chi connectivity index (χ3n) is 3.16. The number of anilines is 1. The summed E-state index contributed by atoms with van der Waals surface area (Å²) in [6, 6.07) is 4.22. The van der Waals surface area contributed by atoms with Crippen molar-refractivity contribution in [2.24, 2.45) is 5.84 Å². The lowest BCUT2D eigenvalue weighted by molar-refractivity contribution is -0.385. The summed E-state index contributed by atoms with van der Waals surface area (Å²) < 4.78 is 0. The van der Waals surface area contributed by atoms with Crippen LogP contribution in [0.4, 0.5) is 11.4 Å². The van der Waals surface area contributed by atoms with Crippen molar-refractivity contribution in [1.82, 2.24) is 5.32 Å². The SMILES string of the molecule is NNc1ccc([N+](=O)[O-])c(C(=O)NC2CCSCC2)c1. The lowest BCUT2D eigenvalue weighted by Crippen LogP contribution is -2.37. The minimum absolute atomic E-state index is 0.0312. The van der Waals surface area contributed by atoms with E-state index >= 15 is 0 Å². The van der Waals surface area contributed by atoms with Crippen molar-refractivity contribution in [3.05, 3.63) is 33.9 Å². The number of hydrogen-bond donors (Lipinski definition) is 3. The van der Waals surface area contributed by atoms with E-state index in [-0.39, 0.29) is 17.3 Å². The van der Waals surface area contributed by atoms with Gasteiger partial charge in [0.05, 0.1) is 4.92 Å². The Labute approximate surface area is 120 Å². The zero-order chi connectivity index (χ0) is 14.5. The Morgan fingerprint density at radius 1 is 1.40 bits per heavy atom. The molecule has 4 N–H and O–H groups in total. The predicted octanol–water partition coefficient (Wildman–Crippen LogP) is 1.51. The Morgan fingerprint density at radius 3 is 2.70 bits per heavy atom. The molecule has 20 heavy (non-hydrogen) atoms. The van der Waals surface area contributed by atoms with Crippen LogP contribution < -0.4 is 16.6 Å². The van der Waals surface area contributed by atoms with Crippen molar-refractivity contribution in [3.63, 3.8) is 0 Å². The first-order valence-corrected chi connectivity index (χ1v) is 7.41. The van der Waals surface area contributed by atoms with Gasteiger partial charge < -0.3 is 10.7 Å². The van der Waals surface area contributed by atoms with Crippen LogP contribution in [0, 0.1) is 10.1 Å². The third-order valence-corrected chi connectivity index (χ3v) is 4.21. The molecule has 1 saturated heterocycles. The van der Waals surface area contributed by atoms with Gasteiger partial charge >= 0.3 is 0 Å². The zero-order valence-electron chi connectivity index (χ0n) is 10.8. The highest BCUT2D eigenvalue weighted by Gasteiger charge is 2.23. The second kappa shape index (κ2) is 6.58. The first-order valence-electron chi connectivity index (χ1n) is 6.25. The van der Waals surface area contributed by atoms with E-state index in [4.69, 9.17) is 5.84 Å². The highest BCUT2D eigenvalue weighted by atomic mass is 32.2. The van der Waals surface area contributed by atoms with Gasteiger partial charge in [0.2, 0.25) is 0 Å². The van der Waals surface area contributed by atoms with Gasteiger partial charge in [-0.1, -0.05) is 0 Å². The van der Waals surface area contributed by atoms with Crippen molar-refractivity contribution < 1.29 is 9.72 Å². The number of nitrogen functional groups attached to an aromatic ring is 1. The number of nitrogens with one attached hydrogen (secondary N) is 2. The van der Waals surface area contributed by atoms with Crippen molar-refractivity contribution in [2.45, 2.75) is 18.9 Å². The molecule has 0 aromatic heterocycles. The van der Waals surface area contributed by atoms with Gasteiger partial charge in [-0.25, -0.2) is 0 Å². The fourth-order valence-electron chi connectivity index (χ4n) is 2.07. The maximum atomic E-state index is 12.2. The smallest absolute Gasteiger partial charge is 0.282 e. The van der Waals surface area contributed by atoms with Gasteiger partial charge in [-0.2, -0.15) is 11.8 Å². The molecule has 7 nitrogen and oxygen atoms in total.